The van der Waals surface area contributed by atoms with Crippen molar-refractivity contribution in [2.24, 2.45) is 0 Å². The molecule has 7 nitrogen and oxygen atoms in total. The summed E-state index contributed by atoms with van der Waals surface area (Å²) < 4.78 is 1.27. The number of nitrogens with zero attached hydrogens (tertiary/aromatic N) is 4. The summed E-state index contributed by atoms with van der Waals surface area (Å²) in [5.41, 5.74) is 1.51. The van der Waals surface area contributed by atoms with Crippen molar-refractivity contribution in [1.29, 1.82) is 0 Å². The number of hydrogen-bond acceptors (Lipinski definition) is 5. The molecule has 0 aliphatic rings. The molecule has 0 unspecified atom stereocenters. The van der Waals surface area contributed by atoms with Gasteiger partial charge in [0.15, 0.2) is 5.78 Å². The lowest BCUT2D eigenvalue weighted by Gasteiger charge is -2.06. The Hall–Kier alpha value is -2.31. The van der Waals surface area contributed by atoms with E-state index in [4.69, 9.17) is 5.11 Å². The van der Waals surface area contributed by atoms with Crippen molar-refractivity contribution in [1.82, 2.24) is 19.6 Å². The monoisotopic (exact) mass is 234 g/mol. The molecule has 0 saturated carbocycles. The predicted molar refractivity (Wildman–Crippen MR) is 57.2 cm³/mol. The quantitative estimate of drug-likeness (QED) is 0.766. The Labute approximate surface area is 96.1 Å². The Bertz CT molecular complexity index is 645. The molecule has 0 bridgehead atoms. The van der Waals surface area contributed by atoms with Crippen molar-refractivity contribution in [3.8, 4) is 0 Å². The van der Waals surface area contributed by atoms with Crippen LogP contribution < -0.4 is 0 Å². The number of hydrogen-bond donors (Lipinski definition) is 1. The van der Waals surface area contributed by atoms with Gasteiger partial charge in [-0.2, -0.15) is 4.98 Å². The normalized spacial score (nSPS) is 10.8. The molecule has 2 aromatic heterocycles. The molecule has 0 radical (unpaired) electrons. The van der Waals surface area contributed by atoms with Gasteiger partial charge in [-0.05, 0) is 20.8 Å². The maximum Gasteiger partial charge on any atom is 0.375 e. The van der Waals surface area contributed by atoms with Crippen LogP contribution in [0, 0.1) is 13.8 Å². The van der Waals surface area contributed by atoms with Gasteiger partial charge in [0, 0.05) is 0 Å². The van der Waals surface area contributed by atoms with Crippen LogP contribution in [-0.4, -0.2) is 36.4 Å². The molecule has 0 fully saturated rings. The first-order valence-corrected chi connectivity index (χ1v) is 4.90. The molecule has 0 saturated heterocycles. The van der Waals surface area contributed by atoms with E-state index in [1.54, 1.807) is 13.8 Å². The second kappa shape index (κ2) is 3.62. The topological polar surface area (TPSA) is 97.5 Å². The molecular formula is C10H10N4O3. The standard InChI is InChI=1S/C10H10N4O3/c1-4-7(6(3)15)5(2)14-10(11-4)12-8(13-14)9(16)17/h1-3H3,(H,16,17). The highest BCUT2D eigenvalue weighted by Gasteiger charge is 2.18. The van der Waals surface area contributed by atoms with Gasteiger partial charge in [-0.25, -0.2) is 14.3 Å². The van der Waals surface area contributed by atoms with Gasteiger partial charge in [0.25, 0.3) is 11.6 Å². The van der Waals surface area contributed by atoms with E-state index in [1.807, 2.05) is 0 Å². The summed E-state index contributed by atoms with van der Waals surface area (Å²) in [7, 11) is 0. The van der Waals surface area contributed by atoms with Crippen LogP contribution in [0.3, 0.4) is 0 Å². The Balaban J connectivity index is 2.83. The molecule has 7 heteroatoms. The molecule has 0 amide bonds. The minimum atomic E-state index is -1.23. The van der Waals surface area contributed by atoms with Crippen molar-refractivity contribution >= 4 is 17.5 Å². The number of rotatable bonds is 2. The molecular weight excluding hydrogens is 224 g/mol. The number of fused-ring (bicyclic) bond motifs is 1. The van der Waals surface area contributed by atoms with Crippen LogP contribution in [0.25, 0.3) is 5.78 Å². The number of aromatic nitrogens is 4. The molecule has 88 valence electrons. The van der Waals surface area contributed by atoms with Crippen molar-refractivity contribution in [3.05, 3.63) is 22.8 Å². The van der Waals surface area contributed by atoms with E-state index in [1.165, 1.54) is 11.4 Å². The summed E-state index contributed by atoms with van der Waals surface area (Å²) in [6.45, 7) is 4.79. The third-order valence-corrected chi connectivity index (χ3v) is 2.44. The Kier molecular flexibility index (Phi) is 2.38. The molecule has 2 rings (SSSR count). The van der Waals surface area contributed by atoms with Gasteiger partial charge < -0.3 is 5.11 Å². The van der Waals surface area contributed by atoms with Crippen molar-refractivity contribution in [2.45, 2.75) is 20.8 Å². The second-order valence-corrected chi connectivity index (χ2v) is 3.67. The fourth-order valence-corrected chi connectivity index (χ4v) is 1.77. The van der Waals surface area contributed by atoms with Gasteiger partial charge in [0.1, 0.15) is 0 Å². The average molecular weight is 234 g/mol. The van der Waals surface area contributed by atoms with Crippen molar-refractivity contribution < 1.29 is 14.7 Å². The number of ketones is 1. The van der Waals surface area contributed by atoms with E-state index in [0.717, 1.165) is 0 Å². The predicted octanol–water partition coefficient (Wildman–Crippen LogP) is 0.642. The van der Waals surface area contributed by atoms with Crippen LogP contribution in [0.5, 0.6) is 0 Å². The second-order valence-electron chi connectivity index (χ2n) is 3.67. The minimum absolute atomic E-state index is 0.137. The third-order valence-electron chi connectivity index (χ3n) is 2.44. The number of carbonyl (C=O) groups is 2. The fraction of sp³-hybridized carbons (Fsp3) is 0.300. The molecule has 0 atom stereocenters. The van der Waals surface area contributed by atoms with Crippen LogP contribution in [0.15, 0.2) is 0 Å². The van der Waals surface area contributed by atoms with E-state index in [9.17, 15) is 9.59 Å². The SMILES string of the molecule is CC(=O)c1c(C)nc2nc(C(=O)O)nn2c1C. The van der Waals surface area contributed by atoms with E-state index < -0.39 is 5.97 Å². The Morgan fingerprint density at radius 2 is 1.88 bits per heavy atom. The lowest BCUT2D eigenvalue weighted by atomic mass is 10.1. The molecule has 0 aliphatic heterocycles. The van der Waals surface area contributed by atoms with Crippen LogP contribution >= 0.6 is 0 Å². The first-order chi connectivity index (χ1) is 7.91. The highest BCUT2D eigenvalue weighted by molar-refractivity contribution is 5.96. The van der Waals surface area contributed by atoms with Gasteiger partial charge in [0.05, 0.1) is 17.0 Å². The summed E-state index contributed by atoms with van der Waals surface area (Å²) in [5, 5.41) is 12.6. The number of aromatic carboxylic acids is 1. The van der Waals surface area contributed by atoms with Crippen LogP contribution in [0.4, 0.5) is 0 Å². The van der Waals surface area contributed by atoms with Crippen LogP contribution in [0.2, 0.25) is 0 Å². The smallest absolute Gasteiger partial charge is 0.375 e. The lowest BCUT2D eigenvalue weighted by Crippen LogP contribution is -2.09. The van der Waals surface area contributed by atoms with Gasteiger partial charge in [-0.1, -0.05) is 0 Å². The number of Topliss-reactive ketones (excluding diaryl/α,β-unsaturated/α-hetero) is 1. The largest absolute Gasteiger partial charge is 0.475 e. The lowest BCUT2D eigenvalue weighted by molar-refractivity contribution is 0.0683. The maximum absolute atomic E-state index is 11.5. The van der Waals surface area contributed by atoms with Crippen molar-refractivity contribution in [2.75, 3.05) is 0 Å². The van der Waals surface area contributed by atoms with Gasteiger partial charge in [-0.3, -0.25) is 4.79 Å². The summed E-state index contributed by atoms with van der Waals surface area (Å²) >= 11 is 0. The Morgan fingerprint density at radius 1 is 1.24 bits per heavy atom. The summed E-state index contributed by atoms with van der Waals surface area (Å²) in [5.74, 6) is -1.51. The molecule has 2 heterocycles. The van der Waals surface area contributed by atoms with Gasteiger partial charge >= 0.3 is 5.97 Å². The maximum atomic E-state index is 11.5. The molecule has 17 heavy (non-hydrogen) atoms. The number of carbonyl (C=O) groups excluding carboxylic acids is 1. The molecule has 1 N–H and O–H groups in total. The van der Waals surface area contributed by atoms with E-state index >= 15 is 0 Å². The van der Waals surface area contributed by atoms with Gasteiger partial charge in [-0.15, -0.1) is 5.10 Å². The highest BCUT2D eigenvalue weighted by Crippen LogP contribution is 2.14. The summed E-state index contributed by atoms with van der Waals surface area (Å²) in [6.07, 6.45) is 0. The molecule has 0 aliphatic carbocycles. The summed E-state index contributed by atoms with van der Waals surface area (Å²) in [4.78, 5) is 30.0. The third kappa shape index (κ3) is 1.65. The molecule has 0 spiro atoms. The fourth-order valence-electron chi connectivity index (χ4n) is 1.77. The first kappa shape index (κ1) is 11.2. The zero-order valence-electron chi connectivity index (χ0n) is 9.55. The van der Waals surface area contributed by atoms with Gasteiger partial charge in [0.2, 0.25) is 0 Å². The number of carboxylic acids is 1. The minimum Gasteiger partial charge on any atom is -0.475 e. The molecule has 2 aromatic rings. The average Bonchev–Trinajstić information content (AvgIpc) is 2.60. The first-order valence-electron chi connectivity index (χ1n) is 4.90. The van der Waals surface area contributed by atoms with Crippen LogP contribution in [-0.2, 0) is 0 Å². The number of carboxylic acid groups (broad SMARTS) is 1. The Morgan fingerprint density at radius 3 is 2.41 bits per heavy atom. The van der Waals surface area contributed by atoms with E-state index in [2.05, 4.69) is 15.1 Å². The van der Waals surface area contributed by atoms with Crippen molar-refractivity contribution in [3.63, 3.8) is 0 Å². The van der Waals surface area contributed by atoms with Crippen LogP contribution in [0.1, 0.15) is 39.3 Å². The molecule has 0 aromatic carbocycles. The summed E-state index contributed by atoms with van der Waals surface area (Å²) in [6, 6.07) is 0. The zero-order chi connectivity index (χ0) is 12.7. The highest BCUT2D eigenvalue weighted by atomic mass is 16.4. The number of aryl methyl sites for hydroxylation is 2. The zero-order valence-corrected chi connectivity index (χ0v) is 9.55. The van der Waals surface area contributed by atoms with E-state index in [0.29, 0.717) is 17.0 Å². The van der Waals surface area contributed by atoms with E-state index in [-0.39, 0.29) is 17.4 Å².